The van der Waals surface area contributed by atoms with E-state index in [1.165, 1.54) is 6.07 Å². The molecule has 1 aromatic carbocycles. The van der Waals surface area contributed by atoms with Crippen LogP contribution in [0.4, 0.5) is 4.79 Å². The molecule has 0 atom stereocenters. The van der Waals surface area contributed by atoms with Crippen molar-refractivity contribution in [3.8, 4) is 11.5 Å². The first-order valence-corrected chi connectivity index (χ1v) is 7.17. The van der Waals surface area contributed by atoms with Gasteiger partial charge in [0.2, 0.25) is 0 Å². The third-order valence-electron chi connectivity index (χ3n) is 3.79. The molecular formula is C15H23N3O3. The van der Waals surface area contributed by atoms with Gasteiger partial charge in [-0.1, -0.05) is 0 Å². The molecule has 1 saturated heterocycles. The summed E-state index contributed by atoms with van der Waals surface area (Å²) >= 11 is 0. The number of rotatable bonds is 4. The van der Waals surface area contributed by atoms with Crippen LogP contribution in [0, 0.1) is 0 Å². The topological polar surface area (TPSA) is 73.8 Å². The van der Waals surface area contributed by atoms with Crippen molar-refractivity contribution in [2.75, 3.05) is 27.2 Å². The van der Waals surface area contributed by atoms with E-state index in [1.54, 1.807) is 19.2 Å². The molecular weight excluding hydrogens is 270 g/mol. The van der Waals surface area contributed by atoms with Crippen molar-refractivity contribution in [3.05, 3.63) is 23.8 Å². The van der Waals surface area contributed by atoms with Crippen LogP contribution in [-0.4, -0.2) is 49.3 Å². The molecule has 6 nitrogen and oxygen atoms in total. The van der Waals surface area contributed by atoms with Gasteiger partial charge in [-0.15, -0.1) is 0 Å². The average molecular weight is 293 g/mol. The number of methoxy groups -OCH3 is 1. The minimum atomic E-state index is -0.195. The molecule has 0 unspecified atom stereocenters. The fourth-order valence-electron chi connectivity index (χ4n) is 2.38. The Balaban J connectivity index is 1.78. The molecule has 1 aromatic rings. The summed E-state index contributed by atoms with van der Waals surface area (Å²) in [5.41, 5.74) is 0.661. The Morgan fingerprint density at radius 1 is 1.43 bits per heavy atom. The molecule has 2 rings (SSSR count). The predicted molar refractivity (Wildman–Crippen MR) is 80.5 cm³/mol. The van der Waals surface area contributed by atoms with Gasteiger partial charge in [-0.2, -0.15) is 0 Å². The maximum absolute atomic E-state index is 11.9. The van der Waals surface area contributed by atoms with Gasteiger partial charge in [0.1, 0.15) is 11.5 Å². The standard InChI is InChI=1S/C15H23N3O3/c1-18-7-5-12(6-8-18)17-15(20)16-10-11-3-4-13(21-2)9-14(11)19/h3-4,9,12,19H,5-8,10H2,1-2H3,(H2,16,17,20). The predicted octanol–water partition coefficient (Wildman–Crippen LogP) is 1.29. The number of hydrogen-bond donors (Lipinski definition) is 3. The lowest BCUT2D eigenvalue weighted by atomic mass is 10.1. The molecule has 0 bridgehead atoms. The maximum atomic E-state index is 11.9. The molecule has 0 radical (unpaired) electrons. The summed E-state index contributed by atoms with van der Waals surface area (Å²) in [5, 5.41) is 15.6. The van der Waals surface area contributed by atoms with Gasteiger partial charge in [-0.05, 0) is 45.1 Å². The molecule has 1 fully saturated rings. The molecule has 0 aliphatic carbocycles. The van der Waals surface area contributed by atoms with Crippen molar-refractivity contribution in [1.29, 1.82) is 0 Å². The highest BCUT2D eigenvalue weighted by Crippen LogP contribution is 2.23. The Kier molecular flexibility index (Phi) is 5.27. The molecule has 6 heteroatoms. The third-order valence-corrected chi connectivity index (χ3v) is 3.79. The summed E-state index contributed by atoms with van der Waals surface area (Å²) in [6, 6.07) is 5.06. The van der Waals surface area contributed by atoms with E-state index in [-0.39, 0.29) is 24.4 Å². The first-order chi connectivity index (χ1) is 10.1. The number of likely N-dealkylation sites (tertiary alicyclic amines) is 1. The Bertz CT molecular complexity index is 485. The van der Waals surface area contributed by atoms with Gasteiger partial charge in [0.05, 0.1) is 7.11 Å². The smallest absolute Gasteiger partial charge is 0.315 e. The number of urea groups is 1. The summed E-state index contributed by atoms with van der Waals surface area (Å²) in [4.78, 5) is 14.1. The zero-order chi connectivity index (χ0) is 15.2. The van der Waals surface area contributed by atoms with Gasteiger partial charge in [-0.25, -0.2) is 4.79 Å². The van der Waals surface area contributed by atoms with Crippen molar-refractivity contribution in [2.45, 2.75) is 25.4 Å². The van der Waals surface area contributed by atoms with E-state index in [9.17, 15) is 9.90 Å². The molecule has 0 saturated carbocycles. The number of aromatic hydroxyl groups is 1. The van der Waals surface area contributed by atoms with Crippen LogP contribution in [0.15, 0.2) is 18.2 Å². The number of carbonyl (C=O) groups excluding carboxylic acids is 1. The van der Waals surface area contributed by atoms with E-state index >= 15 is 0 Å². The number of ether oxygens (including phenoxy) is 1. The molecule has 1 aliphatic rings. The Morgan fingerprint density at radius 2 is 2.14 bits per heavy atom. The molecule has 1 aliphatic heterocycles. The lowest BCUT2D eigenvalue weighted by Crippen LogP contribution is -2.46. The second-order valence-corrected chi connectivity index (χ2v) is 5.40. The first-order valence-electron chi connectivity index (χ1n) is 7.17. The largest absolute Gasteiger partial charge is 0.507 e. The van der Waals surface area contributed by atoms with E-state index in [0.29, 0.717) is 11.3 Å². The van der Waals surface area contributed by atoms with Gasteiger partial charge < -0.3 is 25.4 Å². The SMILES string of the molecule is COc1ccc(CNC(=O)NC2CCN(C)CC2)c(O)c1. The number of phenolic OH excluding ortho intramolecular Hbond substituents is 1. The van der Waals surface area contributed by atoms with Gasteiger partial charge in [0.25, 0.3) is 0 Å². The van der Waals surface area contributed by atoms with E-state index < -0.39 is 0 Å². The van der Waals surface area contributed by atoms with Crippen LogP contribution in [0.2, 0.25) is 0 Å². The van der Waals surface area contributed by atoms with Crippen molar-refractivity contribution in [1.82, 2.24) is 15.5 Å². The van der Waals surface area contributed by atoms with Crippen molar-refractivity contribution in [2.24, 2.45) is 0 Å². The van der Waals surface area contributed by atoms with Crippen LogP contribution in [0.3, 0.4) is 0 Å². The normalized spacial score (nSPS) is 16.5. The number of phenols is 1. The fourth-order valence-corrected chi connectivity index (χ4v) is 2.38. The summed E-state index contributed by atoms with van der Waals surface area (Å²) in [5.74, 6) is 0.709. The molecule has 0 spiro atoms. The molecule has 0 aromatic heterocycles. The van der Waals surface area contributed by atoms with Gasteiger partial charge in [-0.3, -0.25) is 0 Å². The summed E-state index contributed by atoms with van der Waals surface area (Å²) in [7, 11) is 3.63. The second kappa shape index (κ2) is 7.17. The van der Waals surface area contributed by atoms with Crippen LogP contribution >= 0.6 is 0 Å². The van der Waals surface area contributed by atoms with Gasteiger partial charge in [0, 0.05) is 24.2 Å². The molecule has 3 N–H and O–H groups in total. The monoisotopic (exact) mass is 293 g/mol. The van der Waals surface area contributed by atoms with E-state index in [1.807, 2.05) is 0 Å². The highest BCUT2D eigenvalue weighted by Gasteiger charge is 2.18. The van der Waals surface area contributed by atoms with Gasteiger partial charge in [0.15, 0.2) is 0 Å². The highest BCUT2D eigenvalue weighted by atomic mass is 16.5. The van der Waals surface area contributed by atoms with Crippen LogP contribution in [-0.2, 0) is 6.54 Å². The summed E-state index contributed by atoms with van der Waals surface area (Å²) in [6.07, 6.45) is 1.94. The number of carbonyl (C=O) groups is 1. The quantitative estimate of drug-likeness (QED) is 0.782. The van der Waals surface area contributed by atoms with Gasteiger partial charge >= 0.3 is 6.03 Å². The molecule has 1 heterocycles. The highest BCUT2D eigenvalue weighted by molar-refractivity contribution is 5.74. The van der Waals surface area contributed by atoms with Crippen molar-refractivity contribution >= 4 is 6.03 Å². The summed E-state index contributed by atoms with van der Waals surface area (Å²) in [6.45, 7) is 2.29. The van der Waals surface area contributed by atoms with Crippen LogP contribution in [0.25, 0.3) is 0 Å². The second-order valence-electron chi connectivity index (χ2n) is 5.40. The fraction of sp³-hybridized carbons (Fsp3) is 0.533. The summed E-state index contributed by atoms with van der Waals surface area (Å²) < 4.78 is 5.02. The Labute approximate surface area is 125 Å². The van der Waals surface area contributed by atoms with Crippen LogP contribution in [0.1, 0.15) is 18.4 Å². The average Bonchev–Trinajstić information content (AvgIpc) is 2.48. The van der Waals surface area contributed by atoms with E-state index in [4.69, 9.17) is 4.74 Å². The minimum absolute atomic E-state index is 0.119. The number of amides is 2. The van der Waals surface area contributed by atoms with Crippen molar-refractivity contribution < 1.29 is 14.6 Å². The first kappa shape index (κ1) is 15.4. The minimum Gasteiger partial charge on any atom is -0.507 e. The lowest BCUT2D eigenvalue weighted by molar-refractivity contribution is 0.213. The zero-order valence-corrected chi connectivity index (χ0v) is 12.6. The zero-order valence-electron chi connectivity index (χ0n) is 12.6. The third kappa shape index (κ3) is 4.53. The van der Waals surface area contributed by atoms with Crippen LogP contribution in [0.5, 0.6) is 11.5 Å². The van der Waals surface area contributed by atoms with E-state index in [2.05, 4.69) is 22.6 Å². The maximum Gasteiger partial charge on any atom is 0.315 e. The Hall–Kier alpha value is -1.95. The molecule has 116 valence electrons. The molecule has 21 heavy (non-hydrogen) atoms. The number of piperidine rings is 1. The number of hydrogen-bond acceptors (Lipinski definition) is 4. The lowest BCUT2D eigenvalue weighted by Gasteiger charge is -2.29. The number of benzene rings is 1. The number of nitrogens with one attached hydrogen (secondary N) is 2. The number of nitrogens with zero attached hydrogens (tertiary/aromatic N) is 1. The van der Waals surface area contributed by atoms with Crippen molar-refractivity contribution in [3.63, 3.8) is 0 Å². The van der Waals surface area contributed by atoms with Crippen LogP contribution < -0.4 is 15.4 Å². The molecule has 2 amide bonds. The van der Waals surface area contributed by atoms with E-state index in [0.717, 1.165) is 25.9 Å². The Morgan fingerprint density at radius 3 is 2.76 bits per heavy atom.